The number of hydrogen-bond donors (Lipinski definition) is 0. The Morgan fingerprint density at radius 3 is 0.896 bits per heavy atom. The van der Waals surface area contributed by atoms with E-state index in [0.29, 0.717) is 19.3 Å². The van der Waals surface area contributed by atoms with E-state index in [1.807, 2.05) is 0 Å². The molecule has 1 atom stereocenters. The van der Waals surface area contributed by atoms with Crippen LogP contribution in [0.4, 0.5) is 0 Å². The highest BCUT2D eigenvalue weighted by Gasteiger charge is 2.19. The van der Waals surface area contributed by atoms with Crippen LogP contribution in [0.25, 0.3) is 0 Å². The van der Waals surface area contributed by atoms with E-state index in [9.17, 15) is 14.4 Å². The minimum absolute atomic E-state index is 0.104. The lowest BCUT2D eigenvalue weighted by atomic mass is 10.0. The topological polar surface area (TPSA) is 78.9 Å². The maximum Gasteiger partial charge on any atom is 0.306 e. The first kappa shape index (κ1) is 63.6. The van der Waals surface area contributed by atoms with Crippen LogP contribution in [0.1, 0.15) is 265 Å². The minimum Gasteiger partial charge on any atom is -0.462 e. The third-order valence-electron chi connectivity index (χ3n) is 11.9. The molecule has 0 heterocycles. The zero-order valence-electron chi connectivity index (χ0n) is 43.9. The normalized spacial score (nSPS) is 12.7. The second-order valence-corrected chi connectivity index (χ2v) is 18.5. The van der Waals surface area contributed by atoms with Gasteiger partial charge >= 0.3 is 17.9 Å². The molecule has 6 nitrogen and oxygen atoms in total. The molecule has 0 aliphatic rings. The molecular weight excluding hydrogens is 829 g/mol. The largest absolute Gasteiger partial charge is 0.462 e. The van der Waals surface area contributed by atoms with E-state index in [2.05, 4.69) is 106 Å². The van der Waals surface area contributed by atoms with Crippen LogP contribution >= 0.6 is 0 Å². The van der Waals surface area contributed by atoms with Crippen molar-refractivity contribution in [3.8, 4) is 0 Å². The first-order valence-electron chi connectivity index (χ1n) is 28.1. The summed E-state index contributed by atoms with van der Waals surface area (Å²) in [6.07, 6.45) is 71.4. The molecule has 0 amide bonds. The Morgan fingerprint density at radius 1 is 0.299 bits per heavy atom. The monoisotopic (exact) mass is 933 g/mol. The molecule has 0 aliphatic heterocycles. The van der Waals surface area contributed by atoms with E-state index < -0.39 is 6.10 Å². The fraction of sp³-hybridized carbons (Fsp3) is 0.721. The van der Waals surface area contributed by atoms with E-state index in [-0.39, 0.29) is 31.1 Å². The smallest absolute Gasteiger partial charge is 0.306 e. The lowest BCUT2D eigenvalue weighted by molar-refractivity contribution is -0.167. The number of ether oxygens (including phenoxy) is 3. The first-order chi connectivity index (χ1) is 33.0. The molecular formula is C61H104O6. The molecule has 0 rings (SSSR count). The number of hydrogen-bond acceptors (Lipinski definition) is 6. The van der Waals surface area contributed by atoms with Crippen molar-refractivity contribution in [2.24, 2.45) is 0 Å². The fourth-order valence-electron chi connectivity index (χ4n) is 7.61. The second kappa shape index (κ2) is 55.2. The van der Waals surface area contributed by atoms with Gasteiger partial charge in [-0.25, -0.2) is 0 Å². The average molecular weight is 933 g/mol. The Labute approximate surface area is 414 Å². The number of rotatable bonds is 50. The number of carbonyl (C=O) groups is 3. The predicted molar refractivity (Wildman–Crippen MR) is 288 cm³/mol. The van der Waals surface area contributed by atoms with Crippen molar-refractivity contribution >= 4 is 17.9 Å². The minimum atomic E-state index is -0.804. The molecule has 0 aromatic heterocycles. The molecule has 0 aliphatic carbocycles. The first-order valence-corrected chi connectivity index (χ1v) is 28.1. The molecule has 384 valence electrons. The van der Waals surface area contributed by atoms with Gasteiger partial charge in [-0.2, -0.15) is 0 Å². The Hall–Kier alpha value is -3.41. The van der Waals surface area contributed by atoms with Gasteiger partial charge in [-0.3, -0.25) is 14.4 Å². The summed E-state index contributed by atoms with van der Waals surface area (Å²) in [6.45, 7) is 6.53. The quantitative estimate of drug-likeness (QED) is 0.0262. The maximum atomic E-state index is 12.8. The molecule has 0 aromatic rings. The van der Waals surface area contributed by atoms with E-state index in [1.165, 1.54) is 128 Å². The van der Waals surface area contributed by atoms with E-state index >= 15 is 0 Å². The SMILES string of the molecule is CCCCC/C=C\C/C=C\C/C=C\C/C=C\CCCCCC(=O)OC[C@H](COC(=O)CCCC/C=C\C/C=C\C/C=C\CCCCC)OC(=O)CCCCCCCCCCCCCCCCC. The van der Waals surface area contributed by atoms with Crippen molar-refractivity contribution in [3.63, 3.8) is 0 Å². The standard InChI is InChI=1S/C61H104O6/c1-4-7-10-13-16-19-22-25-28-29-30-31-34-36-39-42-45-48-51-54-60(63)66-57-58(67-61(64)55-52-49-46-43-40-37-33-27-24-21-18-15-12-9-6-3)56-65-59(62)53-50-47-44-41-38-35-32-26-23-20-17-14-11-8-5-2/h16-17,19-20,25-26,28,30-32,36,38-39,41,58H,4-15,18,21-24,27,29,33-35,37,40,42-57H2,1-3H3/b19-16-,20-17-,28-25-,31-30-,32-26-,39-36-,41-38-/t58-/m0/s1. The van der Waals surface area contributed by atoms with Gasteiger partial charge in [-0.05, 0) is 103 Å². The number of carbonyl (C=O) groups excluding carboxylic acids is 3. The molecule has 0 saturated heterocycles. The lowest BCUT2D eigenvalue weighted by Crippen LogP contribution is -2.30. The van der Waals surface area contributed by atoms with Crippen LogP contribution in [0.3, 0.4) is 0 Å². The molecule has 0 fully saturated rings. The zero-order valence-corrected chi connectivity index (χ0v) is 43.9. The van der Waals surface area contributed by atoms with Gasteiger partial charge in [0.25, 0.3) is 0 Å². The summed E-state index contributed by atoms with van der Waals surface area (Å²) >= 11 is 0. The summed E-state index contributed by atoms with van der Waals surface area (Å²) < 4.78 is 16.8. The van der Waals surface area contributed by atoms with Gasteiger partial charge in [0.05, 0.1) is 0 Å². The number of allylic oxidation sites excluding steroid dienone is 14. The van der Waals surface area contributed by atoms with Gasteiger partial charge < -0.3 is 14.2 Å². The van der Waals surface area contributed by atoms with Crippen LogP contribution in [0.2, 0.25) is 0 Å². The van der Waals surface area contributed by atoms with Crippen LogP contribution in [0.5, 0.6) is 0 Å². The van der Waals surface area contributed by atoms with Crippen molar-refractivity contribution in [1.82, 2.24) is 0 Å². The molecule has 0 unspecified atom stereocenters. The van der Waals surface area contributed by atoms with Crippen molar-refractivity contribution < 1.29 is 28.6 Å². The van der Waals surface area contributed by atoms with E-state index in [1.54, 1.807) is 0 Å². The summed E-state index contributed by atoms with van der Waals surface area (Å²) in [5, 5.41) is 0. The highest BCUT2D eigenvalue weighted by molar-refractivity contribution is 5.71. The summed E-state index contributed by atoms with van der Waals surface area (Å²) in [5.41, 5.74) is 0. The summed E-state index contributed by atoms with van der Waals surface area (Å²) in [7, 11) is 0. The number of esters is 3. The van der Waals surface area contributed by atoms with Gasteiger partial charge in [0.2, 0.25) is 0 Å². The molecule has 0 aromatic carbocycles. The van der Waals surface area contributed by atoms with E-state index in [0.717, 1.165) is 96.3 Å². The molecule has 0 saturated carbocycles. The molecule has 0 N–H and O–H groups in total. The third kappa shape index (κ3) is 53.4. The van der Waals surface area contributed by atoms with Crippen LogP contribution in [-0.2, 0) is 28.6 Å². The second-order valence-electron chi connectivity index (χ2n) is 18.5. The number of unbranched alkanes of at least 4 members (excludes halogenated alkanes) is 25. The summed E-state index contributed by atoms with van der Waals surface area (Å²) in [5.74, 6) is -0.964. The molecule has 0 spiro atoms. The van der Waals surface area contributed by atoms with Crippen molar-refractivity contribution in [1.29, 1.82) is 0 Å². The van der Waals surface area contributed by atoms with Crippen LogP contribution in [-0.4, -0.2) is 37.2 Å². The van der Waals surface area contributed by atoms with Crippen molar-refractivity contribution in [2.45, 2.75) is 271 Å². The molecule has 0 bridgehead atoms. The maximum absolute atomic E-state index is 12.8. The highest BCUT2D eigenvalue weighted by atomic mass is 16.6. The van der Waals surface area contributed by atoms with Gasteiger partial charge in [0.15, 0.2) is 6.10 Å². The van der Waals surface area contributed by atoms with Gasteiger partial charge in [-0.15, -0.1) is 0 Å². The zero-order chi connectivity index (χ0) is 48.6. The van der Waals surface area contributed by atoms with Crippen LogP contribution < -0.4 is 0 Å². The van der Waals surface area contributed by atoms with Crippen LogP contribution in [0.15, 0.2) is 85.1 Å². The third-order valence-corrected chi connectivity index (χ3v) is 11.9. The Balaban J connectivity index is 4.49. The Kier molecular flexibility index (Phi) is 52.4. The van der Waals surface area contributed by atoms with Gasteiger partial charge in [0, 0.05) is 19.3 Å². The molecule has 0 radical (unpaired) electrons. The van der Waals surface area contributed by atoms with Crippen molar-refractivity contribution in [2.75, 3.05) is 13.2 Å². The lowest BCUT2D eigenvalue weighted by Gasteiger charge is -2.18. The molecule has 67 heavy (non-hydrogen) atoms. The highest BCUT2D eigenvalue weighted by Crippen LogP contribution is 2.15. The van der Waals surface area contributed by atoms with Gasteiger partial charge in [-0.1, -0.05) is 228 Å². The molecule has 6 heteroatoms. The average Bonchev–Trinajstić information content (AvgIpc) is 3.33. The predicted octanol–water partition coefficient (Wildman–Crippen LogP) is 18.8. The van der Waals surface area contributed by atoms with Crippen LogP contribution in [0, 0.1) is 0 Å². The summed E-state index contributed by atoms with van der Waals surface area (Å²) in [4.78, 5) is 38.1. The fourth-order valence-corrected chi connectivity index (χ4v) is 7.61. The van der Waals surface area contributed by atoms with Gasteiger partial charge in [0.1, 0.15) is 13.2 Å². The van der Waals surface area contributed by atoms with Crippen molar-refractivity contribution in [3.05, 3.63) is 85.1 Å². The van der Waals surface area contributed by atoms with E-state index in [4.69, 9.17) is 14.2 Å². The Bertz CT molecular complexity index is 1300. The Morgan fingerprint density at radius 2 is 0.537 bits per heavy atom. The summed E-state index contributed by atoms with van der Waals surface area (Å²) in [6, 6.07) is 0.